The van der Waals surface area contributed by atoms with Gasteiger partial charge in [0.15, 0.2) is 6.61 Å². The average Bonchev–Trinajstić information content (AvgIpc) is 2.79. The van der Waals surface area contributed by atoms with Crippen LogP contribution in [0.1, 0.15) is 24.5 Å². The number of amides is 2. The number of nitrogens with one attached hydrogen (secondary N) is 1. The Hall–Kier alpha value is -3.41. The van der Waals surface area contributed by atoms with Gasteiger partial charge in [0.25, 0.3) is 5.91 Å². The molecule has 0 bridgehead atoms. The monoisotopic (exact) mass is 378 g/mol. The smallest absolute Gasteiger partial charge is 0.331 e. The second kappa shape index (κ2) is 8.52. The summed E-state index contributed by atoms with van der Waals surface area (Å²) < 4.78 is 5.11. The minimum atomic E-state index is -0.598. The summed E-state index contributed by atoms with van der Waals surface area (Å²) in [7, 11) is 0. The quantitative estimate of drug-likeness (QED) is 0.654. The summed E-state index contributed by atoms with van der Waals surface area (Å²) >= 11 is 0. The topological polar surface area (TPSA) is 75.7 Å². The van der Waals surface area contributed by atoms with Crippen molar-refractivity contribution >= 4 is 35.2 Å². The molecule has 1 heterocycles. The zero-order valence-corrected chi connectivity index (χ0v) is 15.8. The lowest BCUT2D eigenvalue weighted by atomic mass is 10.1. The number of fused-ring (bicyclic) bond motifs is 1. The number of carbonyl (C=O) groups excluding carboxylic acids is 3. The van der Waals surface area contributed by atoms with E-state index in [9.17, 15) is 14.4 Å². The molecule has 0 saturated heterocycles. The van der Waals surface area contributed by atoms with Crippen LogP contribution in [0.4, 0.5) is 11.4 Å². The van der Waals surface area contributed by atoms with Crippen molar-refractivity contribution in [2.24, 2.45) is 0 Å². The van der Waals surface area contributed by atoms with Crippen LogP contribution in [0.25, 0.3) is 6.08 Å². The maximum absolute atomic E-state index is 12.7. The van der Waals surface area contributed by atoms with Crippen LogP contribution in [0.15, 0.2) is 54.6 Å². The molecule has 1 unspecified atom stereocenters. The first-order valence-electron chi connectivity index (χ1n) is 9.06. The minimum absolute atomic E-state index is 0.159. The number of nitrogens with zero attached hydrogens (tertiary/aromatic N) is 1. The third-order valence-corrected chi connectivity index (χ3v) is 4.46. The van der Waals surface area contributed by atoms with Crippen LogP contribution in [0.5, 0.6) is 0 Å². The van der Waals surface area contributed by atoms with Crippen LogP contribution in [0, 0.1) is 6.92 Å². The van der Waals surface area contributed by atoms with Gasteiger partial charge in [-0.2, -0.15) is 0 Å². The maximum atomic E-state index is 12.7. The molecule has 3 rings (SSSR count). The Labute approximate surface area is 163 Å². The van der Waals surface area contributed by atoms with E-state index in [1.165, 1.54) is 11.0 Å². The van der Waals surface area contributed by atoms with E-state index < -0.39 is 12.6 Å². The second-order valence-electron chi connectivity index (χ2n) is 6.73. The predicted octanol–water partition coefficient (Wildman–Crippen LogP) is 3.32. The van der Waals surface area contributed by atoms with Crippen molar-refractivity contribution in [3.05, 3.63) is 65.7 Å². The second-order valence-corrected chi connectivity index (χ2v) is 6.73. The highest BCUT2D eigenvalue weighted by atomic mass is 16.5. The third kappa shape index (κ3) is 4.65. The molecule has 0 spiro atoms. The summed E-state index contributed by atoms with van der Waals surface area (Å²) in [5.41, 5.74) is 3.16. The van der Waals surface area contributed by atoms with Crippen LogP contribution in [0.2, 0.25) is 0 Å². The van der Waals surface area contributed by atoms with E-state index in [4.69, 9.17) is 4.74 Å². The molecule has 2 amide bonds. The number of rotatable bonds is 4. The molecule has 0 fully saturated rings. The Morgan fingerprint density at radius 1 is 1.18 bits per heavy atom. The number of esters is 1. The van der Waals surface area contributed by atoms with E-state index in [0.717, 1.165) is 11.1 Å². The van der Waals surface area contributed by atoms with Crippen LogP contribution in [-0.2, 0) is 19.1 Å². The molecule has 1 aliphatic heterocycles. The van der Waals surface area contributed by atoms with Crippen LogP contribution < -0.4 is 10.2 Å². The van der Waals surface area contributed by atoms with Gasteiger partial charge in [0.2, 0.25) is 5.91 Å². The van der Waals surface area contributed by atoms with E-state index in [1.807, 2.05) is 31.2 Å². The van der Waals surface area contributed by atoms with Crippen molar-refractivity contribution < 1.29 is 19.1 Å². The first-order valence-corrected chi connectivity index (χ1v) is 9.06. The van der Waals surface area contributed by atoms with Gasteiger partial charge in [-0.1, -0.05) is 42.0 Å². The molecular weight excluding hydrogens is 356 g/mol. The molecule has 1 atom stereocenters. The Balaban J connectivity index is 1.66. The van der Waals surface area contributed by atoms with Gasteiger partial charge >= 0.3 is 5.97 Å². The molecule has 1 N–H and O–H groups in total. The van der Waals surface area contributed by atoms with Gasteiger partial charge in [0, 0.05) is 18.5 Å². The van der Waals surface area contributed by atoms with Gasteiger partial charge in [-0.25, -0.2) is 4.79 Å². The first-order chi connectivity index (χ1) is 13.4. The van der Waals surface area contributed by atoms with Gasteiger partial charge < -0.3 is 15.0 Å². The Kier molecular flexibility index (Phi) is 5.89. The molecule has 6 heteroatoms. The molecule has 144 valence electrons. The molecule has 6 nitrogen and oxygen atoms in total. The maximum Gasteiger partial charge on any atom is 0.331 e. The molecule has 2 aromatic rings. The third-order valence-electron chi connectivity index (χ3n) is 4.46. The first kappa shape index (κ1) is 19.4. The zero-order valence-electron chi connectivity index (χ0n) is 15.8. The Morgan fingerprint density at radius 3 is 2.64 bits per heavy atom. The zero-order chi connectivity index (χ0) is 20.1. The molecule has 0 aliphatic carbocycles. The molecule has 0 radical (unpaired) electrons. The summed E-state index contributed by atoms with van der Waals surface area (Å²) in [4.78, 5) is 38.2. The standard InChI is InChI=1S/C22H22N2O4/c1-15-7-9-17(10-8-15)11-12-22(27)28-14-21(26)24-16(2)13-20(25)23-18-5-3-4-6-19(18)24/h3-12,16H,13-14H2,1-2H3,(H,23,25)/b12-11+. The number of hydrogen-bond acceptors (Lipinski definition) is 4. The molecule has 28 heavy (non-hydrogen) atoms. The Morgan fingerprint density at radius 2 is 1.89 bits per heavy atom. The van der Waals surface area contributed by atoms with Crippen molar-refractivity contribution in [1.82, 2.24) is 0 Å². The van der Waals surface area contributed by atoms with E-state index in [0.29, 0.717) is 11.4 Å². The molecule has 0 aromatic heterocycles. The van der Waals surface area contributed by atoms with Crippen molar-refractivity contribution in [2.75, 3.05) is 16.8 Å². The lowest BCUT2D eigenvalue weighted by Crippen LogP contribution is -2.41. The molecular formula is C22H22N2O4. The normalized spacial score (nSPS) is 16.3. The van der Waals surface area contributed by atoms with E-state index in [1.54, 1.807) is 37.3 Å². The number of aryl methyl sites for hydroxylation is 1. The predicted molar refractivity (Wildman–Crippen MR) is 108 cm³/mol. The number of benzene rings is 2. The van der Waals surface area contributed by atoms with Gasteiger partial charge in [-0.3, -0.25) is 9.59 Å². The van der Waals surface area contributed by atoms with Gasteiger partial charge in [0.05, 0.1) is 11.4 Å². The van der Waals surface area contributed by atoms with Crippen molar-refractivity contribution in [1.29, 1.82) is 0 Å². The van der Waals surface area contributed by atoms with E-state index in [2.05, 4.69) is 5.32 Å². The number of para-hydroxylation sites is 2. The highest BCUT2D eigenvalue weighted by molar-refractivity contribution is 6.05. The minimum Gasteiger partial charge on any atom is -0.452 e. The highest BCUT2D eigenvalue weighted by Gasteiger charge is 2.29. The summed E-state index contributed by atoms with van der Waals surface area (Å²) in [5.74, 6) is -1.14. The lowest BCUT2D eigenvalue weighted by molar-refractivity contribution is -0.143. The lowest BCUT2D eigenvalue weighted by Gasteiger charge is -2.27. The van der Waals surface area contributed by atoms with Crippen LogP contribution >= 0.6 is 0 Å². The number of anilines is 2. The fourth-order valence-corrected chi connectivity index (χ4v) is 3.06. The largest absolute Gasteiger partial charge is 0.452 e. The van der Waals surface area contributed by atoms with Crippen molar-refractivity contribution in [2.45, 2.75) is 26.3 Å². The van der Waals surface area contributed by atoms with Crippen molar-refractivity contribution in [3.63, 3.8) is 0 Å². The average molecular weight is 378 g/mol. The number of carbonyl (C=O) groups is 3. The summed E-state index contributed by atoms with van der Waals surface area (Å²) in [5, 5.41) is 2.79. The SMILES string of the molecule is Cc1ccc(/C=C/C(=O)OCC(=O)N2c3ccccc3NC(=O)CC2C)cc1. The van der Waals surface area contributed by atoms with Crippen molar-refractivity contribution in [3.8, 4) is 0 Å². The van der Waals surface area contributed by atoms with E-state index in [-0.39, 0.29) is 24.3 Å². The number of hydrogen-bond donors (Lipinski definition) is 1. The number of ether oxygens (including phenoxy) is 1. The van der Waals surface area contributed by atoms with Crippen LogP contribution in [-0.4, -0.2) is 30.4 Å². The van der Waals surface area contributed by atoms with Gasteiger partial charge in [-0.05, 0) is 37.6 Å². The molecule has 1 aliphatic rings. The molecule has 0 saturated carbocycles. The summed E-state index contributed by atoms with van der Waals surface area (Å²) in [6, 6.07) is 14.4. The van der Waals surface area contributed by atoms with Gasteiger partial charge in [-0.15, -0.1) is 0 Å². The highest BCUT2D eigenvalue weighted by Crippen LogP contribution is 2.31. The summed E-state index contributed by atoms with van der Waals surface area (Å²) in [6.45, 7) is 3.38. The Bertz CT molecular complexity index is 918. The summed E-state index contributed by atoms with van der Waals surface area (Å²) in [6.07, 6.45) is 3.10. The van der Waals surface area contributed by atoms with Crippen LogP contribution in [0.3, 0.4) is 0 Å². The fraction of sp³-hybridized carbons (Fsp3) is 0.227. The molecule has 2 aromatic carbocycles. The fourth-order valence-electron chi connectivity index (χ4n) is 3.06. The van der Waals surface area contributed by atoms with Gasteiger partial charge in [0.1, 0.15) is 0 Å². The van der Waals surface area contributed by atoms with E-state index >= 15 is 0 Å².